The number of hydrogen-bond acceptors (Lipinski definition) is 0. The first-order valence-electron chi connectivity index (χ1n) is 3.93. The van der Waals surface area contributed by atoms with Gasteiger partial charge in [-0.05, 0) is 0 Å². The van der Waals surface area contributed by atoms with Crippen molar-refractivity contribution in [3.63, 3.8) is 0 Å². The van der Waals surface area contributed by atoms with Gasteiger partial charge in [-0.25, -0.2) is 8.78 Å². The van der Waals surface area contributed by atoms with Crippen LogP contribution in [-0.2, 0) is 0 Å². The van der Waals surface area contributed by atoms with Crippen LogP contribution in [0.1, 0.15) is 6.42 Å². The Morgan fingerprint density at radius 2 is 0.900 bits per heavy atom. The third kappa shape index (κ3) is 3.73. The van der Waals surface area contributed by atoms with Crippen LogP contribution in [-0.4, -0.2) is 52.9 Å². The fourth-order valence-corrected chi connectivity index (χ4v) is 0.762. The summed E-state index contributed by atoms with van der Waals surface area (Å²) in [6.07, 6.45) is -9.40. The molecule has 0 N–H and O–H groups in total. The molecule has 0 radical (unpaired) electrons. The van der Waals surface area contributed by atoms with Gasteiger partial charge in [-0.15, -0.1) is 6.42 Å². The number of hydrogen-bond donors (Lipinski definition) is 0. The molecule has 0 unspecified atom stereocenters. The quantitative estimate of drug-likeness (QED) is 0.260. The molecule has 0 aromatic rings. The van der Waals surface area contributed by atoms with Gasteiger partial charge in [0.2, 0.25) is 0 Å². The summed E-state index contributed by atoms with van der Waals surface area (Å²) in [4.78, 5) is 0. The van der Waals surface area contributed by atoms with Gasteiger partial charge < -0.3 is 30.9 Å². The predicted octanol–water partition coefficient (Wildman–Crippen LogP) is 0.937. The van der Waals surface area contributed by atoms with Crippen LogP contribution in [0.5, 0.6) is 0 Å². The van der Waals surface area contributed by atoms with E-state index in [0.717, 1.165) is 0 Å². The molecule has 0 heterocycles. The molecule has 0 saturated heterocycles. The van der Waals surface area contributed by atoms with Gasteiger partial charge in [-0.1, -0.05) is 0 Å². The van der Waals surface area contributed by atoms with E-state index in [-0.39, 0.29) is 47.0 Å². The van der Waals surface area contributed by atoms with Crippen molar-refractivity contribution in [2.45, 2.75) is 36.3 Å². The summed E-state index contributed by atoms with van der Waals surface area (Å²) < 4.78 is 133. The van der Waals surface area contributed by atoms with E-state index in [0.29, 0.717) is 0 Å². The molecule has 118 valence electrons. The van der Waals surface area contributed by atoms with Crippen molar-refractivity contribution in [1.29, 1.82) is 0 Å². The maximum Gasteiger partial charge on any atom is 2.00 e. The third-order valence-corrected chi connectivity index (χ3v) is 1.92. The van der Waals surface area contributed by atoms with Crippen LogP contribution >= 0.6 is 0 Å². The largest absolute Gasteiger partial charge is 2.00 e. The summed E-state index contributed by atoms with van der Waals surface area (Å²) in [5, 5.41) is 0. The second-order valence-electron chi connectivity index (χ2n) is 3.18. The van der Waals surface area contributed by atoms with Crippen LogP contribution in [0.15, 0.2) is 0 Å². The zero-order valence-electron chi connectivity index (χ0n) is 9.16. The fraction of sp³-hybridized carbons (Fsp3) is 0.857. The Labute approximate surface area is 138 Å². The minimum absolute atomic E-state index is 0. The Hall–Kier alpha value is 0.726. The first-order chi connectivity index (χ1) is 7.56. The molecule has 0 aliphatic carbocycles. The molecule has 0 nitrogen and oxygen atoms in total. The van der Waals surface area contributed by atoms with Gasteiger partial charge in [-0.2, -0.15) is 39.5 Å². The molecule has 0 rings (SSSR count). The van der Waals surface area contributed by atoms with Crippen molar-refractivity contribution >= 4 is 23.1 Å². The van der Waals surface area contributed by atoms with E-state index in [1.54, 1.807) is 0 Å². The van der Waals surface area contributed by atoms with Gasteiger partial charge in [0.1, 0.15) is 0 Å². The summed E-state index contributed by atoms with van der Waals surface area (Å²) in [6.45, 7) is 2.09. The van der Waals surface area contributed by atoms with Crippen LogP contribution in [0.2, 0.25) is 0 Å². The molecule has 0 aromatic carbocycles. The number of alkyl halides is 11. The Morgan fingerprint density at radius 3 is 1.10 bits per heavy atom. The fourth-order valence-electron chi connectivity index (χ4n) is 0.762. The molecule has 13 heteroatoms. The molecular weight excluding hydrogens is 444 g/mol. The van der Waals surface area contributed by atoms with Crippen LogP contribution in [0.3, 0.4) is 0 Å². The maximum atomic E-state index is 12.5. The molecule has 0 aromatic heterocycles. The predicted molar refractivity (Wildman–Crippen MR) is 41.6 cm³/mol. The molecule has 0 atom stereocenters. The molecule has 0 fully saturated rings. The normalized spacial score (nSPS) is 14.4. The SMILES string of the molecule is [CH2-]CC(F)(F)C(F)(F)C(F)(F)C(F)(F)C(F)(F)F.[I-].[Mg+2]. The maximum absolute atomic E-state index is 12.5. The third-order valence-electron chi connectivity index (χ3n) is 1.92. The van der Waals surface area contributed by atoms with Crippen LogP contribution in [0, 0.1) is 6.92 Å². The topological polar surface area (TPSA) is 0 Å². The van der Waals surface area contributed by atoms with Crippen LogP contribution in [0.4, 0.5) is 48.3 Å². The van der Waals surface area contributed by atoms with Crippen LogP contribution in [0.25, 0.3) is 0 Å². The monoisotopic (exact) mass is 448 g/mol. The van der Waals surface area contributed by atoms with Crippen molar-refractivity contribution in [3.8, 4) is 0 Å². The van der Waals surface area contributed by atoms with Gasteiger partial charge in [0, 0.05) is 0 Å². The summed E-state index contributed by atoms with van der Waals surface area (Å²) in [7, 11) is 0. The minimum Gasteiger partial charge on any atom is -1.00 e. The van der Waals surface area contributed by atoms with Crippen LogP contribution < -0.4 is 24.0 Å². The van der Waals surface area contributed by atoms with Gasteiger partial charge in [-0.3, -0.25) is 0 Å². The smallest absolute Gasteiger partial charge is 1.00 e. The van der Waals surface area contributed by atoms with E-state index < -0.39 is 36.3 Å². The molecule has 20 heavy (non-hydrogen) atoms. The molecule has 0 aliphatic rings. The average Bonchev–Trinajstić information content (AvgIpc) is 2.15. The molecule has 0 bridgehead atoms. The van der Waals surface area contributed by atoms with Crippen molar-refractivity contribution in [3.05, 3.63) is 6.92 Å². The summed E-state index contributed by atoms with van der Waals surface area (Å²) >= 11 is 0. The van der Waals surface area contributed by atoms with Gasteiger partial charge in [0.25, 0.3) is 5.92 Å². The van der Waals surface area contributed by atoms with E-state index in [1.807, 2.05) is 0 Å². The first-order valence-corrected chi connectivity index (χ1v) is 3.93. The van der Waals surface area contributed by atoms with Gasteiger partial charge >= 0.3 is 47.0 Å². The van der Waals surface area contributed by atoms with Crippen molar-refractivity contribution in [2.75, 3.05) is 0 Å². The first kappa shape index (κ1) is 25.7. The molecular formula is C7H4F11IMg. The summed E-state index contributed by atoms with van der Waals surface area (Å²) in [5.41, 5.74) is 0. The van der Waals surface area contributed by atoms with Crippen molar-refractivity contribution < 1.29 is 72.3 Å². The Kier molecular flexibility index (Phi) is 8.82. The molecule has 0 aliphatic heterocycles. The van der Waals surface area contributed by atoms with Crippen molar-refractivity contribution in [1.82, 2.24) is 0 Å². The zero-order valence-corrected chi connectivity index (χ0v) is 12.7. The van der Waals surface area contributed by atoms with E-state index >= 15 is 0 Å². The standard InChI is InChI=1S/C7H4F11.HI.Mg/c1-2-3(8,9)4(10,11)5(12,13)6(14,15)7(16,17)18;;/h1-2H2;1H;/q-1;;+2/p-1. The Balaban J connectivity index is -0.00000144. The summed E-state index contributed by atoms with van der Waals surface area (Å²) in [6, 6.07) is 0. The summed E-state index contributed by atoms with van der Waals surface area (Å²) in [5.74, 6) is -27.4. The zero-order chi connectivity index (χ0) is 15.2. The second kappa shape index (κ2) is 6.87. The molecule has 0 amide bonds. The molecule has 0 saturated carbocycles. The van der Waals surface area contributed by atoms with Gasteiger partial charge in [0.15, 0.2) is 0 Å². The van der Waals surface area contributed by atoms with E-state index in [9.17, 15) is 48.3 Å². The number of halogens is 12. The Bertz CT molecular complexity index is 310. The second-order valence-corrected chi connectivity index (χ2v) is 3.18. The van der Waals surface area contributed by atoms with E-state index in [1.165, 1.54) is 0 Å². The average molecular weight is 448 g/mol. The van der Waals surface area contributed by atoms with Crippen molar-refractivity contribution in [2.24, 2.45) is 0 Å². The van der Waals surface area contributed by atoms with E-state index in [4.69, 9.17) is 0 Å². The number of rotatable bonds is 4. The van der Waals surface area contributed by atoms with Gasteiger partial charge in [0.05, 0.1) is 0 Å². The minimum atomic E-state index is -7.32. The van der Waals surface area contributed by atoms with E-state index in [2.05, 4.69) is 6.92 Å². The Morgan fingerprint density at radius 1 is 0.600 bits per heavy atom. The molecule has 0 spiro atoms.